The summed E-state index contributed by atoms with van der Waals surface area (Å²) in [6, 6.07) is 7.56. The number of halogens is 1. The first-order valence-electron chi connectivity index (χ1n) is 5.58. The highest BCUT2D eigenvalue weighted by atomic mass is 35.5. The van der Waals surface area contributed by atoms with Crippen molar-refractivity contribution in [3.8, 4) is 5.75 Å². The molecular weight excluding hydrogens is 266 g/mol. The fourth-order valence-electron chi connectivity index (χ4n) is 2.04. The van der Waals surface area contributed by atoms with Crippen molar-refractivity contribution in [3.05, 3.63) is 24.3 Å². The zero-order valence-electron chi connectivity index (χ0n) is 11.1. The van der Waals surface area contributed by atoms with Crippen LogP contribution in [0.15, 0.2) is 34.3 Å². The Labute approximate surface area is 118 Å². The molecule has 0 aliphatic carbocycles. The zero-order chi connectivity index (χ0) is 13.3. The molecule has 1 aliphatic rings. The average molecular weight is 283 g/mol. The van der Waals surface area contributed by atoms with Crippen LogP contribution in [0.5, 0.6) is 5.75 Å². The van der Waals surface area contributed by atoms with Crippen molar-refractivity contribution in [3.63, 3.8) is 0 Å². The molecule has 0 saturated heterocycles. The molecule has 0 spiro atoms. The molecule has 1 aromatic carbocycles. The number of benzene rings is 1. The number of aliphatic imine (C=N–C) groups is 2. The molecule has 0 atom stereocenters. The maximum Gasteiger partial charge on any atom is 0.220 e. The lowest BCUT2D eigenvalue weighted by Gasteiger charge is -2.38. The van der Waals surface area contributed by atoms with E-state index >= 15 is 0 Å². The number of ether oxygens (including phenoxy) is 1. The van der Waals surface area contributed by atoms with Gasteiger partial charge in [0.25, 0.3) is 0 Å². The van der Waals surface area contributed by atoms with Crippen molar-refractivity contribution in [1.29, 1.82) is 0 Å². The first-order valence-corrected chi connectivity index (χ1v) is 5.58. The Hall–Kier alpha value is -1.95. The molecule has 1 aliphatic heterocycles. The summed E-state index contributed by atoms with van der Waals surface area (Å²) in [5, 5.41) is 0. The second-order valence-electron chi connectivity index (χ2n) is 4.44. The van der Waals surface area contributed by atoms with E-state index in [1.54, 1.807) is 12.0 Å². The van der Waals surface area contributed by atoms with Crippen LogP contribution in [0.25, 0.3) is 0 Å². The number of guanidine groups is 2. The number of anilines is 1. The van der Waals surface area contributed by atoms with Crippen molar-refractivity contribution in [2.24, 2.45) is 21.5 Å². The summed E-state index contributed by atoms with van der Waals surface area (Å²) in [5.74, 6) is 1.19. The van der Waals surface area contributed by atoms with Gasteiger partial charge in [0.05, 0.1) is 12.8 Å². The van der Waals surface area contributed by atoms with E-state index in [2.05, 4.69) is 9.98 Å². The van der Waals surface area contributed by atoms with Crippen LogP contribution in [-0.4, -0.2) is 24.7 Å². The second kappa shape index (κ2) is 5.36. The summed E-state index contributed by atoms with van der Waals surface area (Å²) >= 11 is 0. The molecule has 1 heterocycles. The number of nitrogens with two attached hydrogens (primary N) is 2. The molecule has 0 bridgehead atoms. The number of nitrogens with zero attached hydrogens (tertiary/aromatic N) is 3. The molecule has 0 radical (unpaired) electrons. The molecule has 0 fully saturated rings. The third-order valence-corrected chi connectivity index (χ3v) is 2.72. The summed E-state index contributed by atoms with van der Waals surface area (Å²) < 4.78 is 5.34. The second-order valence-corrected chi connectivity index (χ2v) is 4.44. The monoisotopic (exact) mass is 282 g/mol. The largest absolute Gasteiger partial charge is 1.00 e. The number of rotatable bonds is 2. The van der Waals surface area contributed by atoms with Gasteiger partial charge in [0.1, 0.15) is 11.4 Å². The Morgan fingerprint density at radius 2 is 1.84 bits per heavy atom. The van der Waals surface area contributed by atoms with Crippen molar-refractivity contribution >= 4 is 17.6 Å². The first kappa shape index (κ1) is 15.1. The number of hydrogen-bond donors (Lipinski definition) is 2. The maximum absolute atomic E-state index is 5.96. The van der Waals surface area contributed by atoms with Gasteiger partial charge in [-0.05, 0) is 26.0 Å². The summed E-state index contributed by atoms with van der Waals surface area (Å²) in [4.78, 5) is 10.1. The standard InChI is InChI=1S/C12H17N5O.ClH/c1-12(2)16-10(13)15-11(14)17(12)8-6-4-5-7-9(8)18-3;/h4-7H,1-3H3,(H4,13,14,15,16);1H/p-1. The normalized spacial score (nSPS) is 17.1. The van der Waals surface area contributed by atoms with E-state index in [0.29, 0.717) is 11.7 Å². The first-order chi connectivity index (χ1) is 8.45. The number of methoxy groups -OCH3 is 1. The highest BCUT2D eigenvalue weighted by Gasteiger charge is 2.34. The Morgan fingerprint density at radius 3 is 2.42 bits per heavy atom. The molecule has 104 valence electrons. The smallest absolute Gasteiger partial charge is 0.220 e. The minimum Gasteiger partial charge on any atom is -1.00 e. The molecule has 1 aromatic rings. The SMILES string of the molecule is COc1ccccc1N1C(N)=NC(N)=NC1(C)C.[Cl-]. The van der Waals surface area contributed by atoms with Gasteiger partial charge in [-0.25, -0.2) is 4.99 Å². The summed E-state index contributed by atoms with van der Waals surface area (Å²) in [6.45, 7) is 3.82. The minimum absolute atomic E-state index is 0. The van der Waals surface area contributed by atoms with E-state index in [4.69, 9.17) is 16.2 Å². The lowest BCUT2D eigenvalue weighted by molar-refractivity contribution is -0.00000492. The highest BCUT2D eigenvalue weighted by molar-refractivity contribution is 6.06. The van der Waals surface area contributed by atoms with E-state index in [1.807, 2.05) is 38.1 Å². The molecular formula is C12H17ClN5O-. The lowest BCUT2D eigenvalue weighted by atomic mass is 10.1. The van der Waals surface area contributed by atoms with Crippen LogP contribution < -0.4 is 33.5 Å². The number of para-hydroxylation sites is 2. The van der Waals surface area contributed by atoms with Gasteiger partial charge >= 0.3 is 0 Å². The number of hydrogen-bond acceptors (Lipinski definition) is 6. The van der Waals surface area contributed by atoms with Crippen molar-refractivity contribution in [2.45, 2.75) is 19.5 Å². The quantitative estimate of drug-likeness (QED) is 0.649. The van der Waals surface area contributed by atoms with Crippen LogP contribution in [0, 0.1) is 0 Å². The van der Waals surface area contributed by atoms with Crippen LogP contribution in [0.2, 0.25) is 0 Å². The van der Waals surface area contributed by atoms with Gasteiger partial charge in [-0.2, -0.15) is 4.99 Å². The molecule has 7 heteroatoms. The molecule has 0 amide bonds. The van der Waals surface area contributed by atoms with Crippen molar-refractivity contribution < 1.29 is 17.1 Å². The van der Waals surface area contributed by atoms with E-state index in [-0.39, 0.29) is 18.4 Å². The van der Waals surface area contributed by atoms with E-state index < -0.39 is 5.66 Å². The summed E-state index contributed by atoms with van der Waals surface area (Å²) in [7, 11) is 1.61. The van der Waals surface area contributed by atoms with E-state index in [1.165, 1.54) is 0 Å². The van der Waals surface area contributed by atoms with Gasteiger partial charge in [0, 0.05) is 0 Å². The van der Waals surface area contributed by atoms with Gasteiger partial charge in [-0.1, -0.05) is 12.1 Å². The fourth-order valence-corrected chi connectivity index (χ4v) is 2.04. The van der Waals surface area contributed by atoms with Crippen LogP contribution in [0.3, 0.4) is 0 Å². The van der Waals surface area contributed by atoms with E-state index in [9.17, 15) is 0 Å². The summed E-state index contributed by atoms with van der Waals surface area (Å²) in [6.07, 6.45) is 0. The topological polar surface area (TPSA) is 89.2 Å². The van der Waals surface area contributed by atoms with E-state index in [0.717, 1.165) is 5.69 Å². The third kappa shape index (κ3) is 2.73. The molecule has 6 nitrogen and oxygen atoms in total. The van der Waals surface area contributed by atoms with Gasteiger partial charge in [0.2, 0.25) is 11.9 Å². The molecule has 4 N–H and O–H groups in total. The molecule has 0 saturated carbocycles. The predicted octanol–water partition coefficient (Wildman–Crippen LogP) is -2.12. The van der Waals surface area contributed by atoms with Gasteiger partial charge < -0.3 is 28.6 Å². The third-order valence-electron chi connectivity index (χ3n) is 2.72. The van der Waals surface area contributed by atoms with Gasteiger partial charge in [-0.15, -0.1) is 0 Å². The Balaban J connectivity index is 0.00000180. The Bertz CT molecular complexity index is 527. The lowest BCUT2D eigenvalue weighted by Crippen LogP contribution is -3.00. The average Bonchev–Trinajstić information content (AvgIpc) is 2.27. The van der Waals surface area contributed by atoms with Crippen LogP contribution in [0.4, 0.5) is 5.69 Å². The van der Waals surface area contributed by atoms with Gasteiger partial charge in [0.15, 0.2) is 0 Å². The molecule has 19 heavy (non-hydrogen) atoms. The summed E-state index contributed by atoms with van der Waals surface area (Å²) in [5.41, 5.74) is 11.8. The highest BCUT2D eigenvalue weighted by Crippen LogP contribution is 2.34. The van der Waals surface area contributed by atoms with Crippen LogP contribution in [0.1, 0.15) is 13.8 Å². The Morgan fingerprint density at radius 1 is 1.21 bits per heavy atom. The van der Waals surface area contributed by atoms with Crippen LogP contribution in [-0.2, 0) is 0 Å². The molecule has 2 rings (SSSR count). The van der Waals surface area contributed by atoms with Crippen LogP contribution >= 0.6 is 0 Å². The van der Waals surface area contributed by atoms with Crippen molar-refractivity contribution in [1.82, 2.24) is 0 Å². The zero-order valence-corrected chi connectivity index (χ0v) is 11.8. The molecule has 0 aromatic heterocycles. The minimum atomic E-state index is -0.607. The fraction of sp³-hybridized carbons (Fsp3) is 0.333. The predicted molar refractivity (Wildman–Crippen MR) is 72.8 cm³/mol. The maximum atomic E-state index is 5.96. The van der Waals surface area contributed by atoms with Gasteiger partial charge in [-0.3, -0.25) is 4.90 Å². The Kier molecular flexibility index (Phi) is 4.26. The molecule has 0 unspecified atom stereocenters. The van der Waals surface area contributed by atoms with Crippen molar-refractivity contribution in [2.75, 3.05) is 12.0 Å².